The summed E-state index contributed by atoms with van der Waals surface area (Å²) in [5.74, 6) is 0.790. The first-order valence-electron chi connectivity index (χ1n) is 5.24. The molecule has 2 nitrogen and oxygen atoms in total. The molecule has 0 bridgehead atoms. The van der Waals surface area contributed by atoms with E-state index in [0.717, 1.165) is 11.5 Å². The van der Waals surface area contributed by atoms with Crippen LogP contribution in [-0.4, -0.2) is 17.7 Å². The van der Waals surface area contributed by atoms with E-state index in [9.17, 15) is 5.11 Å². The normalized spacial score (nSPS) is 27.3. The van der Waals surface area contributed by atoms with E-state index < -0.39 is 0 Å². The highest BCUT2D eigenvalue weighted by Crippen LogP contribution is 2.29. The Morgan fingerprint density at radius 3 is 2.64 bits per heavy atom. The number of aliphatic hydroxyl groups excluding tert-OH is 1. The molecule has 0 amide bonds. The number of benzene rings is 1. The zero-order valence-electron chi connectivity index (χ0n) is 8.48. The van der Waals surface area contributed by atoms with Crippen molar-refractivity contribution >= 4 is 0 Å². The Hall–Kier alpha value is -0.860. The van der Waals surface area contributed by atoms with Crippen molar-refractivity contribution in [2.45, 2.75) is 25.5 Å². The average molecular weight is 191 g/mol. The fourth-order valence-electron chi connectivity index (χ4n) is 1.66. The molecule has 1 aromatic rings. The second-order valence-electron chi connectivity index (χ2n) is 4.15. The Bertz CT molecular complexity index is 286. The molecule has 0 aromatic heterocycles. The minimum atomic E-state index is -0.371. The third kappa shape index (κ3) is 2.34. The number of rotatable bonds is 4. The Kier molecular flexibility index (Phi) is 2.85. The van der Waals surface area contributed by atoms with Crippen LogP contribution < -0.4 is 5.32 Å². The molecule has 3 atom stereocenters. The number of hydrogen-bond acceptors (Lipinski definition) is 2. The van der Waals surface area contributed by atoms with Crippen LogP contribution in [0.4, 0.5) is 0 Å². The Labute approximate surface area is 85.0 Å². The van der Waals surface area contributed by atoms with E-state index in [1.54, 1.807) is 0 Å². The molecule has 2 N–H and O–H groups in total. The van der Waals surface area contributed by atoms with Crippen LogP contribution in [0.2, 0.25) is 0 Å². The van der Waals surface area contributed by atoms with E-state index in [1.165, 1.54) is 6.42 Å². The second kappa shape index (κ2) is 4.11. The van der Waals surface area contributed by atoms with Gasteiger partial charge in [-0.1, -0.05) is 37.3 Å². The number of hydrogen-bond donors (Lipinski definition) is 2. The molecule has 0 spiro atoms. The molecule has 1 aliphatic rings. The lowest BCUT2D eigenvalue weighted by Crippen LogP contribution is -2.24. The summed E-state index contributed by atoms with van der Waals surface area (Å²) < 4.78 is 0. The van der Waals surface area contributed by atoms with Crippen molar-refractivity contribution in [2.24, 2.45) is 5.92 Å². The van der Waals surface area contributed by atoms with Gasteiger partial charge >= 0.3 is 0 Å². The summed E-state index contributed by atoms with van der Waals surface area (Å²) in [5, 5.41) is 13.2. The van der Waals surface area contributed by atoms with Crippen molar-refractivity contribution in [1.82, 2.24) is 5.32 Å². The summed E-state index contributed by atoms with van der Waals surface area (Å²) in [5.41, 5.74) is 0.994. The summed E-state index contributed by atoms with van der Waals surface area (Å²) in [6.45, 7) is 2.89. The van der Waals surface area contributed by atoms with Crippen LogP contribution in [-0.2, 0) is 0 Å². The highest BCUT2D eigenvalue weighted by Gasteiger charge is 2.32. The Morgan fingerprint density at radius 1 is 1.43 bits per heavy atom. The predicted molar refractivity (Wildman–Crippen MR) is 57.0 cm³/mol. The van der Waals surface area contributed by atoms with Crippen molar-refractivity contribution in [3.05, 3.63) is 35.9 Å². The Morgan fingerprint density at radius 2 is 2.07 bits per heavy atom. The van der Waals surface area contributed by atoms with Gasteiger partial charge in [0.05, 0.1) is 6.10 Å². The van der Waals surface area contributed by atoms with Crippen molar-refractivity contribution in [3.8, 4) is 0 Å². The highest BCUT2D eigenvalue weighted by atomic mass is 16.3. The van der Waals surface area contributed by atoms with Crippen molar-refractivity contribution < 1.29 is 5.11 Å². The monoisotopic (exact) mass is 191 g/mol. The molecule has 1 saturated carbocycles. The van der Waals surface area contributed by atoms with E-state index >= 15 is 0 Å². The lowest BCUT2D eigenvalue weighted by molar-refractivity contribution is 0.173. The third-order valence-electron chi connectivity index (χ3n) is 2.87. The second-order valence-corrected chi connectivity index (χ2v) is 4.15. The van der Waals surface area contributed by atoms with Crippen LogP contribution in [0.5, 0.6) is 0 Å². The van der Waals surface area contributed by atoms with Gasteiger partial charge in [-0.2, -0.15) is 0 Å². The lowest BCUT2D eigenvalue weighted by atomic mass is 10.1. The van der Waals surface area contributed by atoms with E-state index in [-0.39, 0.29) is 6.10 Å². The minimum Gasteiger partial charge on any atom is -0.387 e. The number of nitrogens with one attached hydrogen (secondary N) is 1. The molecule has 1 aliphatic carbocycles. The molecular weight excluding hydrogens is 174 g/mol. The maximum atomic E-state index is 9.82. The first kappa shape index (κ1) is 9.69. The molecule has 1 aromatic carbocycles. The average Bonchev–Trinajstić information content (AvgIpc) is 2.92. The van der Waals surface area contributed by atoms with Gasteiger partial charge in [-0.05, 0) is 17.9 Å². The van der Waals surface area contributed by atoms with E-state index in [0.29, 0.717) is 12.6 Å². The van der Waals surface area contributed by atoms with E-state index in [2.05, 4.69) is 12.2 Å². The maximum Gasteiger partial charge on any atom is 0.0914 e. The summed E-state index contributed by atoms with van der Waals surface area (Å²) >= 11 is 0. The summed E-state index contributed by atoms with van der Waals surface area (Å²) in [4.78, 5) is 0. The molecule has 14 heavy (non-hydrogen) atoms. The first-order chi connectivity index (χ1) is 6.77. The van der Waals surface area contributed by atoms with E-state index in [1.807, 2.05) is 30.3 Å². The zero-order valence-corrected chi connectivity index (χ0v) is 8.48. The van der Waals surface area contributed by atoms with Crippen molar-refractivity contribution in [1.29, 1.82) is 0 Å². The molecular formula is C12H17NO. The molecule has 0 heterocycles. The van der Waals surface area contributed by atoms with Crippen molar-refractivity contribution in [2.75, 3.05) is 6.54 Å². The van der Waals surface area contributed by atoms with Gasteiger partial charge in [0.2, 0.25) is 0 Å². The summed E-state index contributed by atoms with van der Waals surface area (Å²) in [6, 6.07) is 10.4. The molecule has 1 fully saturated rings. The van der Waals surface area contributed by atoms with Gasteiger partial charge in [-0.3, -0.25) is 0 Å². The summed E-state index contributed by atoms with van der Waals surface area (Å²) in [7, 11) is 0. The highest BCUT2D eigenvalue weighted by molar-refractivity contribution is 5.17. The fraction of sp³-hybridized carbons (Fsp3) is 0.500. The predicted octanol–water partition coefficient (Wildman–Crippen LogP) is 1.72. The largest absolute Gasteiger partial charge is 0.387 e. The van der Waals surface area contributed by atoms with Gasteiger partial charge in [-0.15, -0.1) is 0 Å². The smallest absolute Gasteiger partial charge is 0.0914 e. The molecule has 2 heteroatoms. The lowest BCUT2D eigenvalue weighted by Gasteiger charge is -2.11. The minimum absolute atomic E-state index is 0.371. The molecule has 0 aliphatic heterocycles. The quantitative estimate of drug-likeness (QED) is 0.759. The fourth-order valence-corrected chi connectivity index (χ4v) is 1.66. The van der Waals surface area contributed by atoms with Crippen LogP contribution in [0.25, 0.3) is 0 Å². The third-order valence-corrected chi connectivity index (χ3v) is 2.87. The molecule has 76 valence electrons. The SMILES string of the molecule is CC1CC1NCC(O)c1ccccc1. The molecule has 2 rings (SSSR count). The van der Waals surface area contributed by atoms with Crippen LogP contribution in [0.15, 0.2) is 30.3 Å². The zero-order chi connectivity index (χ0) is 9.97. The van der Waals surface area contributed by atoms with Gasteiger partial charge in [0.25, 0.3) is 0 Å². The van der Waals surface area contributed by atoms with Gasteiger partial charge in [0, 0.05) is 12.6 Å². The molecule has 0 radical (unpaired) electrons. The Balaban J connectivity index is 1.81. The van der Waals surface area contributed by atoms with Crippen LogP contribution in [0, 0.1) is 5.92 Å². The topological polar surface area (TPSA) is 32.3 Å². The van der Waals surface area contributed by atoms with Crippen LogP contribution in [0.3, 0.4) is 0 Å². The summed E-state index contributed by atoms with van der Waals surface area (Å²) in [6.07, 6.45) is 0.880. The number of aliphatic hydroxyl groups is 1. The van der Waals surface area contributed by atoms with E-state index in [4.69, 9.17) is 0 Å². The van der Waals surface area contributed by atoms with Crippen molar-refractivity contribution in [3.63, 3.8) is 0 Å². The van der Waals surface area contributed by atoms with Gasteiger partial charge in [-0.25, -0.2) is 0 Å². The first-order valence-corrected chi connectivity index (χ1v) is 5.24. The van der Waals surface area contributed by atoms with Gasteiger partial charge in [0.15, 0.2) is 0 Å². The van der Waals surface area contributed by atoms with Gasteiger partial charge in [0.1, 0.15) is 0 Å². The molecule has 3 unspecified atom stereocenters. The van der Waals surface area contributed by atoms with Crippen LogP contribution >= 0.6 is 0 Å². The molecule has 0 saturated heterocycles. The maximum absolute atomic E-state index is 9.82. The van der Waals surface area contributed by atoms with Crippen LogP contribution in [0.1, 0.15) is 25.0 Å². The standard InChI is InChI=1S/C12H17NO/c1-9-7-11(9)13-8-12(14)10-5-3-2-4-6-10/h2-6,9,11-14H,7-8H2,1H3. The van der Waals surface area contributed by atoms with Gasteiger partial charge < -0.3 is 10.4 Å².